The van der Waals surface area contributed by atoms with E-state index >= 15 is 0 Å². The maximum absolute atomic E-state index is 5.96. The number of anilines is 1. The highest BCUT2D eigenvalue weighted by Crippen LogP contribution is 2.29. The van der Waals surface area contributed by atoms with E-state index in [-0.39, 0.29) is 12.2 Å². The predicted molar refractivity (Wildman–Crippen MR) is 75.9 cm³/mol. The largest absolute Gasteiger partial charge is 0.370 e. The van der Waals surface area contributed by atoms with Crippen molar-refractivity contribution in [3.05, 3.63) is 17.6 Å². The van der Waals surface area contributed by atoms with Crippen LogP contribution in [0.3, 0.4) is 0 Å². The van der Waals surface area contributed by atoms with Crippen molar-refractivity contribution in [2.45, 2.75) is 44.8 Å². The van der Waals surface area contributed by atoms with E-state index in [4.69, 9.17) is 16.3 Å². The van der Waals surface area contributed by atoms with Crippen molar-refractivity contribution in [1.82, 2.24) is 9.97 Å². The van der Waals surface area contributed by atoms with Gasteiger partial charge in [-0.1, -0.05) is 0 Å². The number of ether oxygens (including phenoxy) is 1. The van der Waals surface area contributed by atoms with Gasteiger partial charge in [-0.2, -0.15) is 0 Å². The molecule has 1 fully saturated rings. The topological polar surface area (TPSA) is 38.2 Å². The fraction of sp³-hybridized carbons (Fsp3) is 0.714. The van der Waals surface area contributed by atoms with Gasteiger partial charge in [-0.3, -0.25) is 0 Å². The second kappa shape index (κ2) is 5.63. The number of aryl methyl sites for hydroxylation is 1. The molecular formula is C14H20ClN3O. The van der Waals surface area contributed by atoms with E-state index in [0.717, 1.165) is 31.7 Å². The van der Waals surface area contributed by atoms with Gasteiger partial charge in [0.2, 0.25) is 0 Å². The van der Waals surface area contributed by atoms with Gasteiger partial charge in [0.05, 0.1) is 18.1 Å². The molecule has 5 heteroatoms. The van der Waals surface area contributed by atoms with Crippen LogP contribution in [0.25, 0.3) is 0 Å². The van der Waals surface area contributed by atoms with Gasteiger partial charge in [0.1, 0.15) is 12.1 Å². The maximum Gasteiger partial charge on any atom is 0.135 e. The van der Waals surface area contributed by atoms with Crippen LogP contribution in [-0.4, -0.2) is 41.1 Å². The third kappa shape index (κ3) is 2.70. The van der Waals surface area contributed by atoms with Crippen molar-refractivity contribution in [2.24, 2.45) is 0 Å². The Balaban J connectivity index is 1.89. The average molecular weight is 282 g/mol. The predicted octanol–water partition coefficient (Wildman–Crippen LogP) is 2.19. The summed E-state index contributed by atoms with van der Waals surface area (Å²) in [7, 11) is 0. The highest BCUT2D eigenvalue weighted by Gasteiger charge is 2.28. The van der Waals surface area contributed by atoms with Gasteiger partial charge in [-0.15, -0.1) is 11.6 Å². The molecule has 0 aromatic carbocycles. The van der Waals surface area contributed by atoms with Crippen molar-refractivity contribution >= 4 is 17.4 Å². The highest BCUT2D eigenvalue weighted by atomic mass is 35.5. The molecule has 2 atom stereocenters. The van der Waals surface area contributed by atoms with Crippen LogP contribution in [0.5, 0.6) is 0 Å². The molecule has 1 aliphatic heterocycles. The zero-order valence-electron chi connectivity index (χ0n) is 11.3. The molecule has 3 rings (SSSR count). The van der Waals surface area contributed by atoms with Gasteiger partial charge in [-0.25, -0.2) is 9.97 Å². The molecular weight excluding hydrogens is 262 g/mol. The lowest BCUT2D eigenvalue weighted by Gasteiger charge is -2.38. The Morgan fingerprint density at radius 1 is 1.32 bits per heavy atom. The number of hydrogen-bond acceptors (Lipinski definition) is 4. The summed E-state index contributed by atoms with van der Waals surface area (Å²) < 4.78 is 5.81. The summed E-state index contributed by atoms with van der Waals surface area (Å²) in [4.78, 5) is 11.3. The van der Waals surface area contributed by atoms with Crippen molar-refractivity contribution < 1.29 is 4.74 Å². The van der Waals surface area contributed by atoms with Crippen LogP contribution < -0.4 is 4.90 Å². The Hall–Kier alpha value is -0.870. The summed E-state index contributed by atoms with van der Waals surface area (Å²) in [5, 5.41) is 0. The standard InChI is InChI=1S/C14H20ClN3O/c1-10-7-18(8-11(6-15)19-10)14-12-4-2-3-5-13(12)16-9-17-14/h9-11H,2-8H2,1H3. The van der Waals surface area contributed by atoms with E-state index in [1.807, 2.05) is 0 Å². The number of hydrogen-bond donors (Lipinski definition) is 0. The smallest absolute Gasteiger partial charge is 0.135 e. The van der Waals surface area contributed by atoms with Crippen molar-refractivity contribution in [1.29, 1.82) is 0 Å². The number of aromatic nitrogens is 2. The van der Waals surface area contributed by atoms with E-state index in [1.54, 1.807) is 6.33 Å². The Kier molecular flexibility index (Phi) is 3.89. The second-order valence-electron chi connectivity index (χ2n) is 5.46. The minimum atomic E-state index is 0.0969. The first-order valence-electron chi connectivity index (χ1n) is 7.07. The molecule has 19 heavy (non-hydrogen) atoms. The molecule has 0 N–H and O–H groups in total. The van der Waals surface area contributed by atoms with Crippen LogP contribution in [0.1, 0.15) is 31.0 Å². The zero-order chi connectivity index (χ0) is 13.2. The molecule has 1 aliphatic carbocycles. The lowest BCUT2D eigenvalue weighted by atomic mass is 9.96. The summed E-state index contributed by atoms with van der Waals surface area (Å²) in [5.41, 5.74) is 2.58. The van der Waals surface area contributed by atoms with E-state index in [2.05, 4.69) is 21.8 Å². The molecule has 104 valence electrons. The molecule has 0 amide bonds. The van der Waals surface area contributed by atoms with Crippen molar-refractivity contribution in [2.75, 3.05) is 23.9 Å². The average Bonchev–Trinajstić information content (AvgIpc) is 2.46. The number of fused-ring (bicyclic) bond motifs is 1. The molecule has 0 radical (unpaired) electrons. The summed E-state index contributed by atoms with van der Waals surface area (Å²) in [5.74, 6) is 1.64. The third-order valence-corrected chi connectivity index (χ3v) is 4.24. The van der Waals surface area contributed by atoms with Crippen LogP contribution in [0.2, 0.25) is 0 Å². The van der Waals surface area contributed by atoms with E-state index < -0.39 is 0 Å². The van der Waals surface area contributed by atoms with Crippen LogP contribution in [0.4, 0.5) is 5.82 Å². The highest BCUT2D eigenvalue weighted by molar-refractivity contribution is 6.18. The molecule has 0 saturated carbocycles. The first-order valence-corrected chi connectivity index (χ1v) is 7.60. The summed E-state index contributed by atoms with van der Waals surface area (Å²) in [6, 6.07) is 0. The van der Waals surface area contributed by atoms with Crippen molar-refractivity contribution in [3.8, 4) is 0 Å². The number of morpholine rings is 1. The summed E-state index contributed by atoms with van der Waals surface area (Å²) >= 11 is 5.96. The molecule has 0 spiro atoms. The lowest BCUT2D eigenvalue weighted by Crippen LogP contribution is -2.48. The Labute approximate surface area is 119 Å². The number of nitrogens with zero attached hydrogens (tertiary/aromatic N) is 3. The Morgan fingerprint density at radius 3 is 3.00 bits per heavy atom. The molecule has 1 aromatic heterocycles. The van der Waals surface area contributed by atoms with Gasteiger partial charge in [0, 0.05) is 24.3 Å². The Morgan fingerprint density at radius 2 is 2.16 bits per heavy atom. The fourth-order valence-electron chi connectivity index (χ4n) is 3.08. The number of rotatable bonds is 2. The Bertz CT molecular complexity index is 454. The maximum atomic E-state index is 5.96. The number of alkyl halides is 1. The second-order valence-corrected chi connectivity index (χ2v) is 5.77. The first kappa shape index (κ1) is 13.1. The van der Waals surface area contributed by atoms with Crippen LogP contribution in [0, 0.1) is 0 Å². The molecule has 0 bridgehead atoms. The van der Waals surface area contributed by atoms with Gasteiger partial charge in [-0.05, 0) is 32.6 Å². The van der Waals surface area contributed by atoms with Gasteiger partial charge < -0.3 is 9.64 Å². The fourth-order valence-corrected chi connectivity index (χ4v) is 3.25. The van der Waals surface area contributed by atoms with E-state index in [0.29, 0.717) is 5.88 Å². The molecule has 1 aromatic rings. The van der Waals surface area contributed by atoms with Crippen LogP contribution in [-0.2, 0) is 17.6 Å². The minimum Gasteiger partial charge on any atom is -0.370 e. The van der Waals surface area contributed by atoms with E-state index in [1.165, 1.54) is 24.1 Å². The SMILES string of the molecule is CC1CN(c2ncnc3c2CCCC3)CC(CCl)O1. The monoisotopic (exact) mass is 281 g/mol. The van der Waals surface area contributed by atoms with Gasteiger partial charge in [0.25, 0.3) is 0 Å². The minimum absolute atomic E-state index is 0.0969. The first-order chi connectivity index (χ1) is 9.28. The van der Waals surface area contributed by atoms with E-state index in [9.17, 15) is 0 Å². The molecule has 2 aliphatic rings. The lowest BCUT2D eigenvalue weighted by molar-refractivity contribution is -0.00364. The zero-order valence-corrected chi connectivity index (χ0v) is 12.1. The molecule has 4 nitrogen and oxygen atoms in total. The normalized spacial score (nSPS) is 27.2. The summed E-state index contributed by atoms with van der Waals surface area (Å²) in [6.45, 7) is 3.81. The molecule has 2 unspecified atom stereocenters. The van der Waals surface area contributed by atoms with Crippen LogP contribution in [0.15, 0.2) is 6.33 Å². The molecule has 1 saturated heterocycles. The number of halogens is 1. The molecule has 2 heterocycles. The van der Waals surface area contributed by atoms with Gasteiger partial charge >= 0.3 is 0 Å². The summed E-state index contributed by atoms with van der Waals surface area (Å²) in [6.07, 6.45) is 6.67. The quantitative estimate of drug-likeness (QED) is 0.779. The third-order valence-electron chi connectivity index (χ3n) is 3.90. The van der Waals surface area contributed by atoms with Gasteiger partial charge in [0.15, 0.2) is 0 Å². The van der Waals surface area contributed by atoms with Crippen LogP contribution >= 0.6 is 11.6 Å². The van der Waals surface area contributed by atoms with Crippen molar-refractivity contribution in [3.63, 3.8) is 0 Å².